The number of methoxy groups -OCH3 is 1. The van der Waals surface area contributed by atoms with Crippen molar-refractivity contribution in [3.8, 4) is 0 Å². The van der Waals surface area contributed by atoms with Gasteiger partial charge in [-0.1, -0.05) is 12.2 Å². The average Bonchev–Trinajstić information content (AvgIpc) is 2.83. The Morgan fingerprint density at radius 2 is 2.17 bits per heavy atom. The Balaban J connectivity index is 2.07. The first-order valence-corrected chi connectivity index (χ1v) is 6.09. The Kier molecular flexibility index (Phi) is 3.86. The van der Waals surface area contributed by atoms with E-state index in [9.17, 15) is 9.59 Å². The second-order valence-electron chi connectivity index (χ2n) is 4.59. The van der Waals surface area contributed by atoms with Gasteiger partial charge in [0.15, 0.2) is 0 Å². The van der Waals surface area contributed by atoms with Crippen molar-refractivity contribution in [2.75, 3.05) is 26.7 Å². The molecule has 2 heterocycles. The topological polar surface area (TPSA) is 70.1 Å². The fourth-order valence-electron chi connectivity index (χ4n) is 2.41. The van der Waals surface area contributed by atoms with Crippen LogP contribution in [0, 0.1) is 0 Å². The molecule has 0 bridgehead atoms. The summed E-state index contributed by atoms with van der Waals surface area (Å²) in [6.07, 6.45) is 4.96. The lowest BCUT2D eigenvalue weighted by Crippen LogP contribution is -2.49. The molecule has 1 fully saturated rings. The van der Waals surface area contributed by atoms with E-state index in [4.69, 9.17) is 9.84 Å². The minimum absolute atomic E-state index is 0.185. The van der Waals surface area contributed by atoms with Gasteiger partial charge in [0, 0.05) is 33.2 Å². The van der Waals surface area contributed by atoms with Crippen LogP contribution in [0.3, 0.4) is 0 Å². The lowest BCUT2D eigenvalue weighted by Gasteiger charge is -2.30. The lowest BCUT2D eigenvalue weighted by atomic mass is 10.2. The number of carbonyl (C=O) groups excluding carboxylic acids is 1. The Hall–Kier alpha value is -1.56. The number of nitrogens with zero attached hydrogens (tertiary/aromatic N) is 2. The van der Waals surface area contributed by atoms with Crippen LogP contribution in [0.2, 0.25) is 0 Å². The van der Waals surface area contributed by atoms with E-state index in [0.29, 0.717) is 26.1 Å². The summed E-state index contributed by atoms with van der Waals surface area (Å²) in [5, 5.41) is 9.16. The maximum atomic E-state index is 12.3. The van der Waals surface area contributed by atoms with Crippen LogP contribution in [0.15, 0.2) is 12.2 Å². The van der Waals surface area contributed by atoms with Crippen LogP contribution in [0.4, 0.5) is 4.79 Å². The first-order chi connectivity index (χ1) is 8.63. The van der Waals surface area contributed by atoms with E-state index in [1.807, 2.05) is 12.2 Å². The van der Waals surface area contributed by atoms with Gasteiger partial charge in [-0.2, -0.15) is 0 Å². The molecule has 2 atom stereocenters. The molecule has 2 unspecified atom stereocenters. The van der Waals surface area contributed by atoms with Crippen LogP contribution in [0.1, 0.15) is 12.8 Å². The average molecular weight is 254 g/mol. The number of ether oxygens (including phenoxy) is 1. The highest BCUT2D eigenvalue weighted by Crippen LogP contribution is 2.22. The molecule has 6 heteroatoms. The highest BCUT2D eigenvalue weighted by atomic mass is 16.5. The van der Waals surface area contributed by atoms with Gasteiger partial charge in [-0.15, -0.1) is 0 Å². The number of aliphatic carboxylic acids is 1. The summed E-state index contributed by atoms with van der Waals surface area (Å²) in [5.41, 5.74) is 0. The molecule has 100 valence electrons. The largest absolute Gasteiger partial charge is 0.480 e. The standard InChI is InChI=1S/C12H18N2O4/c1-18-9-7-10(11(15)16)14(8-9)12(17)13-5-3-2-4-6-13/h2-3,9-10H,4-8H2,1H3,(H,15,16). The van der Waals surface area contributed by atoms with Crippen molar-refractivity contribution < 1.29 is 19.4 Å². The van der Waals surface area contributed by atoms with Gasteiger partial charge in [-0.25, -0.2) is 9.59 Å². The van der Waals surface area contributed by atoms with Gasteiger partial charge in [0.25, 0.3) is 0 Å². The van der Waals surface area contributed by atoms with E-state index in [-0.39, 0.29) is 12.1 Å². The Morgan fingerprint density at radius 1 is 1.39 bits per heavy atom. The van der Waals surface area contributed by atoms with E-state index in [2.05, 4.69) is 0 Å². The minimum Gasteiger partial charge on any atom is -0.480 e. The highest BCUT2D eigenvalue weighted by Gasteiger charge is 2.41. The SMILES string of the molecule is COC1CC(C(=O)O)N(C(=O)N2CC=CCC2)C1. The van der Waals surface area contributed by atoms with Gasteiger partial charge >= 0.3 is 12.0 Å². The molecule has 0 radical (unpaired) electrons. The molecule has 2 amide bonds. The Labute approximate surface area is 106 Å². The van der Waals surface area contributed by atoms with E-state index in [0.717, 1.165) is 6.42 Å². The van der Waals surface area contributed by atoms with Crippen LogP contribution < -0.4 is 0 Å². The van der Waals surface area contributed by atoms with E-state index in [1.165, 1.54) is 4.90 Å². The third-order valence-electron chi connectivity index (χ3n) is 3.46. The maximum Gasteiger partial charge on any atom is 0.326 e. The molecule has 18 heavy (non-hydrogen) atoms. The van der Waals surface area contributed by atoms with Crippen molar-refractivity contribution in [2.24, 2.45) is 0 Å². The van der Waals surface area contributed by atoms with Crippen molar-refractivity contribution in [3.63, 3.8) is 0 Å². The number of carboxylic acids is 1. The summed E-state index contributed by atoms with van der Waals surface area (Å²) in [4.78, 5) is 26.5. The number of urea groups is 1. The van der Waals surface area contributed by atoms with Crippen LogP contribution in [0.5, 0.6) is 0 Å². The van der Waals surface area contributed by atoms with Crippen LogP contribution in [-0.2, 0) is 9.53 Å². The van der Waals surface area contributed by atoms with Crippen LogP contribution in [-0.4, -0.2) is 65.8 Å². The number of carboxylic acid groups (broad SMARTS) is 1. The quantitative estimate of drug-likeness (QED) is 0.730. The summed E-state index contributed by atoms with van der Waals surface area (Å²) in [6, 6.07) is -0.973. The van der Waals surface area contributed by atoms with E-state index in [1.54, 1.807) is 12.0 Å². The monoisotopic (exact) mass is 254 g/mol. The smallest absolute Gasteiger partial charge is 0.326 e. The molecule has 0 saturated carbocycles. The fourth-order valence-corrected chi connectivity index (χ4v) is 2.41. The second-order valence-corrected chi connectivity index (χ2v) is 4.59. The normalized spacial score (nSPS) is 27.6. The van der Waals surface area contributed by atoms with Crippen molar-refractivity contribution in [1.82, 2.24) is 9.80 Å². The van der Waals surface area contributed by atoms with Crippen molar-refractivity contribution >= 4 is 12.0 Å². The summed E-state index contributed by atoms with van der Waals surface area (Å²) in [5.74, 6) is -0.963. The Bertz CT molecular complexity index is 369. The van der Waals surface area contributed by atoms with Crippen molar-refractivity contribution in [1.29, 1.82) is 0 Å². The van der Waals surface area contributed by atoms with Crippen LogP contribution in [0.25, 0.3) is 0 Å². The molecular formula is C12H18N2O4. The minimum atomic E-state index is -0.963. The second kappa shape index (κ2) is 5.39. The third-order valence-corrected chi connectivity index (χ3v) is 3.46. The predicted molar refractivity (Wildman–Crippen MR) is 64.3 cm³/mol. The number of hydrogen-bond acceptors (Lipinski definition) is 3. The van der Waals surface area contributed by atoms with Gasteiger partial charge in [-0.05, 0) is 6.42 Å². The van der Waals surface area contributed by atoms with Crippen LogP contribution >= 0.6 is 0 Å². The molecule has 1 saturated heterocycles. The summed E-state index contributed by atoms with van der Waals surface area (Å²) < 4.78 is 5.17. The molecular weight excluding hydrogens is 236 g/mol. The predicted octanol–water partition coefficient (Wildman–Crippen LogP) is 0.542. The van der Waals surface area contributed by atoms with Crippen molar-refractivity contribution in [3.05, 3.63) is 12.2 Å². The maximum absolute atomic E-state index is 12.3. The Morgan fingerprint density at radius 3 is 2.72 bits per heavy atom. The zero-order chi connectivity index (χ0) is 13.1. The molecule has 0 aromatic heterocycles. The molecule has 0 aromatic rings. The van der Waals surface area contributed by atoms with Gasteiger partial charge in [0.1, 0.15) is 6.04 Å². The van der Waals surface area contributed by atoms with Crippen molar-refractivity contribution in [2.45, 2.75) is 25.0 Å². The molecule has 2 rings (SSSR count). The lowest BCUT2D eigenvalue weighted by molar-refractivity contribution is -0.141. The number of likely N-dealkylation sites (tertiary alicyclic amines) is 1. The molecule has 6 nitrogen and oxygen atoms in total. The zero-order valence-electron chi connectivity index (χ0n) is 10.4. The van der Waals surface area contributed by atoms with Gasteiger partial charge in [-0.3, -0.25) is 0 Å². The number of carbonyl (C=O) groups is 2. The zero-order valence-corrected chi connectivity index (χ0v) is 10.4. The first kappa shape index (κ1) is 12.9. The molecule has 1 N–H and O–H groups in total. The van der Waals surface area contributed by atoms with Gasteiger partial charge in [0.2, 0.25) is 0 Å². The molecule has 0 aliphatic carbocycles. The highest BCUT2D eigenvalue weighted by molar-refractivity contribution is 5.83. The summed E-state index contributed by atoms with van der Waals surface area (Å²) >= 11 is 0. The number of hydrogen-bond donors (Lipinski definition) is 1. The molecule has 0 spiro atoms. The third kappa shape index (κ3) is 2.48. The molecule has 0 aromatic carbocycles. The first-order valence-electron chi connectivity index (χ1n) is 6.09. The summed E-state index contributed by atoms with van der Waals surface area (Å²) in [6.45, 7) is 1.56. The molecule has 2 aliphatic rings. The van der Waals surface area contributed by atoms with E-state index < -0.39 is 12.0 Å². The number of rotatable bonds is 2. The van der Waals surface area contributed by atoms with E-state index >= 15 is 0 Å². The fraction of sp³-hybridized carbons (Fsp3) is 0.667. The van der Waals surface area contributed by atoms with Gasteiger partial charge < -0.3 is 19.6 Å². The summed E-state index contributed by atoms with van der Waals surface area (Å²) in [7, 11) is 1.54. The molecule has 2 aliphatic heterocycles. The van der Waals surface area contributed by atoms with Gasteiger partial charge in [0.05, 0.1) is 6.10 Å². The number of amides is 2.